The van der Waals surface area contributed by atoms with E-state index in [-0.39, 0.29) is 6.61 Å². The first-order chi connectivity index (χ1) is 8.63. The molecule has 0 aliphatic carbocycles. The Morgan fingerprint density at radius 1 is 1.50 bits per heavy atom. The second kappa shape index (κ2) is 5.82. The van der Waals surface area contributed by atoms with E-state index in [4.69, 9.17) is 11.6 Å². The predicted molar refractivity (Wildman–Crippen MR) is 71.9 cm³/mol. The molecule has 1 fully saturated rings. The molecule has 1 atom stereocenters. The first-order valence-electron chi connectivity index (χ1n) is 6.15. The number of likely N-dealkylation sites (N-methyl/N-ethyl adjacent to an activating group) is 1. The van der Waals surface area contributed by atoms with E-state index in [0.29, 0.717) is 16.8 Å². The van der Waals surface area contributed by atoms with Gasteiger partial charge in [-0.25, -0.2) is 9.97 Å². The van der Waals surface area contributed by atoms with Crippen LogP contribution in [0.1, 0.15) is 18.4 Å². The van der Waals surface area contributed by atoms with Crippen molar-refractivity contribution in [1.29, 1.82) is 0 Å². The van der Waals surface area contributed by atoms with Crippen molar-refractivity contribution in [3.8, 4) is 0 Å². The predicted octanol–water partition coefficient (Wildman–Crippen LogP) is 1.15. The lowest BCUT2D eigenvalue weighted by Gasteiger charge is -2.37. The number of aliphatic hydroxyl groups is 1. The molecule has 0 saturated carbocycles. The normalized spacial score (nSPS) is 20.5. The number of rotatable bonds is 3. The molecule has 1 N–H and O–H groups in total. The number of piperidine rings is 1. The number of nitrogens with zero attached hydrogens (tertiary/aromatic N) is 4. The molecule has 1 unspecified atom stereocenters. The third kappa shape index (κ3) is 2.74. The van der Waals surface area contributed by atoms with E-state index in [2.05, 4.69) is 33.9 Å². The van der Waals surface area contributed by atoms with Gasteiger partial charge in [0.15, 0.2) is 0 Å². The molecule has 18 heavy (non-hydrogen) atoms. The zero-order valence-corrected chi connectivity index (χ0v) is 11.6. The van der Waals surface area contributed by atoms with Crippen LogP contribution in [-0.2, 0) is 6.61 Å². The van der Waals surface area contributed by atoms with Crippen LogP contribution in [-0.4, -0.2) is 53.2 Å². The van der Waals surface area contributed by atoms with Crippen molar-refractivity contribution in [2.24, 2.45) is 0 Å². The molecule has 0 bridgehead atoms. The van der Waals surface area contributed by atoms with Gasteiger partial charge in [-0.1, -0.05) is 11.6 Å². The van der Waals surface area contributed by atoms with E-state index in [1.165, 1.54) is 12.7 Å². The van der Waals surface area contributed by atoms with Gasteiger partial charge in [-0.05, 0) is 26.9 Å². The summed E-state index contributed by atoms with van der Waals surface area (Å²) >= 11 is 6.00. The van der Waals surface area contributed by atoms with Gasteiger partial charge in [0.2, 0.25) is 0 Å². The van der Waals surface area contributed by atoms with E-state index in [9.17, 15) is 5.11 Å². The molecule has 100 valence electrons. The minimum atomic E-state index is -0.127. The molecule has 1 aromatic rings. The lowest BCUT2D eigenvalue weighted by Crippen LogP contribution is -2.45. The van der Waals surface area contributed by atoms with Gasteiger partial charge >= 0.3 is 0 Å². The summed E-state index contributed by atoms with van der Waals surface area (Å²) in [5, 5.41) is 9.75. The van der Waals surface area contributed by atoms with Gasteiger partial charge in [0, 0.05) is 19.1 Å². The highest BCUT2D eigenvalue weighted by molar-refractivity contribution is 6.30. The molecule has 1 saturated heterocycles. The van der Waals surface area contributed by atoms with Crippen LogP contribution in [0.15, 0.2) is 6.33 Å². The Labute approximate surface area is 112 Å². The number of hydrogen-bond donors (Lipinski definition) is 1. The first kappa shape index (κ1) is 13.5. The number of aliphatic hydroxyl groups excluding tert-OH is 1. The molecule has 2 rings (SSSR count). The maximum atomic E-state index is 9.40. The molecule has 0 amide bonds. The Balaban J connectivity index is 2.23. The van der Waals surface area contributed by atoms with Crippen LogP contribution >= 0.6 is 11.6 Å². The third-order valence-electron chi connectivity index (χ3n) is 3.45. The molecule has 2 heterocycles. The quantitative estimate of drug-likeness (QED) is 0.835. The van der Waals surface area contributed by atoms with Gasteiger partial charge in [-0.15, -0.1) is 0 Å². The summed E-state index contributed by atoms with van der Waals surface area (Å²) in [6.45, 7) is 1.73. The third-order valence-corrected chi connectivity index (χ3v) is 3.78. The fourth-order valence-electron chi connectivity index (χ4n) is 2.36. The Kier molecular flexibility index (Phi) is 4.37. The van der Waals surface area contributed by atoms with E-state index >= 15 is 0 Å². The van der Waals surface area contributed by atoms with Gasteiger partial charge < -0.3 is 14.9 Å². The van der Waals surface area contributed by atoms with Crippen LogP contribution in [0.4, 0.5) is 5.82 Å². The summed E-state index contributed by atoms with van der Waals surface area (Å²) in [6.07, 6.45) is 3.77. The fourth-order valence-corrected chi connectivity index (χ4v) is 2.55. The molecule has 0 aromatic carbocycles. The maximum Gasteiger partial charge on any atom is 0.140 e. The largest absolute Gasteiger partial charge is 0.391 e. The highest BCUT2D eigenvalue weighted by Gasteiger charge is 2.24. The average molecular weight is 271 g/mol. The maximum absolute atomic E-state index is 9.40. The van der Waals surface area contributed by atoms with Crippen LogP contribution in [0.25, 0.3) is 0 Å². The standard InChI is InChI=1S/C12H19ClN4O/c1-16(2)9-4-3-5-17(6-9)12-10(7-18)11(13)14-8-15-12/h8-9,18H,3-7H2,1-2H3. The zero-order chi connectivity index (χ0) is 13.1. The number of aromatic nitrogens is 2. The summed E-state index contributed by atoms with van der Waals surface area (Å²) in [6, 6.07) is 0.513. The molecule has 0 spiro atoms. The molecular weight excluding hydrogens is 252 g/mol. The van der Waals surface area contributed by atoms with Crippen molar-refractivity contribution >= 4 is 17.4 Å². The van der Waals surface area contributed by atoms with Crippen LogP contribution in [0.5, 0.6) is 0 Å². The van der Waals surface area contributed by atoms with Gasteiger partial charge in [-0.3, -0.25) is 0 Å². The van der Waals surface area contributed by atoms with Crippen molar-refractivity contribution < 1.29 is 5.11 Å². The summed E-state index contributed by atoms with van der Waals surface area (Å²) in [4.78, 5) is 12.6. The topological polar surface area (TPSA) is 52.5 Å². The van der Waals surface area contributed by atoms with Crippen molar-refractivity contribution in [2.75, 3.05) is 32.1 Å². The SMILES string of the molecule is CN(C)C1CCCN(c2ncnc(Cl)c2CO)C1. The van der Waals surface area contributed by atoms with Crippen LogP contribution in [0, 0.1) is 0 Å². The molecule has 1 aliphatic rings. The minimum absolute atomic E-state index is 0.127. The lowest BCUT2D eigenvalue weighted by molar-refractivity contribution is 0.255. The molecular formula is C12H19ClN4O. The number of hydrogen-bond acceptors (Lipinski definition) is 5. The Hall–Kier alpha value is -0.910. The number of anilines is 1. The average Bonchev–Trinajstić information content (AvgIpc) is 2.38. The van der Waals surface area contributed by atoms with Gasteiger partial charge in [0.1, 0.15) is 17.3 Å². The summed E-state index contributed by atoms with van der Waals surface area (Å²) in [5.41, 5.74) is 0.624. The highest BCUT2D eigenvalue weighted by Crippen LogP contribution is 2.26. The van der Waals surface area contributed by atoms with E-state index in [0.717, 1.165) is 25.3 Å². The van der Waals surface area contributed by atoms with Crippen molar-refractivity contribution in [1.82, 2.24) is 14.9 Å². The lowest BCUT2D eigenvalue weighted by atomic mass is 10.0. The Morgan fingerprint density at radius 3 is 2.94 bits per heavy atom. The number of halogens is 1. The molecule has 5 nitrogen and oxygen atoms in total. The smallest absolute Gasteiger partial charge is 0.140 e. The van der Waals surface area contributed by atoms with Gasteiger partial charge in [0.05, 0.1) is 12.2 Å². The minimum Gasteiger partial charge on any atom is -0.391 e. The summed E-state index contributed by atoms with van der Waals surface area (Å²) < 4.78 is 0. The van der Waals surface area contributed by atoms with Crippen LogP contribution in [0.3, 0.4) is 0 Å². The molecule has 0 radical (unpaired) electrons. The van der Waals surface area contributed by atoms with Crippen molar-refractivity contribution in [3.05, 3.63) is 17.0 Å². The molecule has 6 heteroatoms. The van der Waals surface area contributed by atoms with Crippen LogP contribution in [0.2, 0.25) is 5.15 Å². The van der Waals surface area contributed by atoms with E-state index in [1.54, 1.807) is 0 Å². The summed E-state index contributed by atoms with van der Waals surface area (Å²) in [7, 11) is 4.18. The van der Waals surface area contributed by atoms with E-state index < -0.39 is 0 Å². The molecule has 1 aliphatic heterocycles. The zero-order valence-electron chi connectivity index (χ0n) is 10.8. The van der Waals surface area contributed by atoms with Crippen molar-refractivity contribution in [2.45, 2.75) is 25.5 Å². The fraction of sp³-hybridized carbons (Fsp3) is 0.667. The summed E-state index contributed by atoms with van der Waals surface area (Å²) in [5.74, 6) is 0.768. The monoisotopic (exact) mass is 270 g/mol. The Morgan fingerprint density at radius 2 is 2.28 bits per heavy atom. The van der Waals surface area contributed by atoms with Gasteiger partial charge in [0.25, 0.3) is 0 Å². The first-order valence-corrected chi connectivity index (χ1v) is 6.53. The van der Waals surface area contributed by atoms with Gasteiger partial charge in [-0.2, -0.15) is 0 Å². The van der Waals surface area contributed by atoms with E-state index in [1.807, 2.05) is 0 Å². The second-order valence-corrected chi connectivity index (χ2v) is 5.19. The second-order valence-electron chi connectivity index (χ2n) is 4.83. The van der Waals surface area contributed by atoms with Crippen LogP contribution < -0.4 is 4.90 Å². The highest BCUT2D eigenvalue weighted by atomic mass is 35.5. The molecule has 1 aromatic heterocycles. The Bertz CT molecular complexity index is 413. The van der Waals surface area contributed by atoms with Crippen molar-refractivity contribution in [3.63, 3.8) is 0 Å².